The summed E-state index contributed by atoms with van der Waals surface area (Å²) in [6, 6.07) is 6.52. The van der Waals surface area contributed by atoms with Crippen molar-refractivity contribution >= 4 is 27.6 Å². The summed E-state index contributed by atoms with van der Waals surface area (Å²) < 4.78 is 29.9. The summed E-state index contributed by atoms with van der Waals surface area (Å²) in [7, 11) is -3.25. The molecule has 0 aliphatic rings. The molecule has 0 spiro atoms. The van der Waals surface area contributed by atoms with Crippen molar-refractivity contribution < 1.29 is 27.5 Å². The first-order valence-corrected chi connectivity index (χ1v) is 11.3. The Morgan fingerprint density at radius 3 is 2.23 bits per heavy atom. The van der Waals surface area contributed by atoms with Gasteiger partial charge in [0.15, 0.2) is 11.9 Å². The van der Waals surface area contributed by atoms with Crippen LogP contribution < -0.4 is 4.72 Å². The van der Waals surface area contributed by atoms with Gasteiger partial charge < -0.3 is 9.72 Å². The number of ether oxygens (including phenoxy) is 1. The molecule has 2 aromatic rings. The van der Waals surface area contributed by atoms with Crippen LogP contribution in [0.1, 0.15) is 61.9 Å². The number of ketones is 2. The van der Waals surface area contributed by atoms with Crippen molar-refractivity contribution in [1.29, 1.82) is 0 Å². The first-order valence-electron chi connectivity index (χ1n) is 9.39. The topological polar surface area (TPSA) is 122 Å². The Kier molecular flexibility index (Phi) is 7.33. The van der Waals surface area contributed by atoms with Crippen molar-refractivity contribution in [2.45, 2.75) is 40.2 Å². The number of H-pyrrole nitrogens is 1. The number of benzene rings is 1. The highest BCUT2D eigenvalue weighted by Crippen LogP contribution is 2.21. The lowest BCUT2D eigenvalue weighted by atomic mass is 10.0. The molecule has 1 atom stereocenters. The van der Waals surface area contributed by atoms with E-state index < -0.39 is 27.9 Å². The van der Waals surface area contributed by atoms with Gasteiger partial charge >= 0.3 is 5.97 Å². The maximum Gasteiger partial charge on any atom is 0.338 e. The predicted molar refractivity (Wildman–Crippen MR) is 112 cm³/mol. The Morgan fingerprint density at radius 1 is 1.13 bits per heavy atom. The standard InChI is InChI=1S/C21H26N2O6S/c1-12-18(14(3)24)13(2)23-19(12)20(25)15(4)29-21(26)17-8-6-16(7-9-17)10-11-22-30(5,27)28/h6-9,15,22-23H,10-11H2,1-5H3/t15-/m0/s1. The van der Waals surface area contributed by atoms with Crippen molar-refractivity contribution in [2.75, 3.05) is 12.8 Å². The molecule has 0 bridgehead atoms. The van der Waals surface area contributed by atoms with Gasteiger partial charge in [-0.3, -0.25) is 9.59 Å². The van der Waals surface area contributed by atoms with Crippen LogP contribution in [0.2, 0.25) is 0 Å². The molecule has 1 aromatic heterocycles. The first kappa shape index (κ1) is 23.5. The van der Waals surface area contributed by atoms with Crippen LogP contribution in [0.25, 0.3) is 0 Å². The van der Waals surface area contributed by atoms with E-state index in [4.69, 9.17) is 4.74 Å². The van der Waals surface area contributed by atoms with Crippen LogP contribution in [0.5, 0.6) is 0 Å². The number of rotatable bonds is 9. The van der Waals surface area contributed by atoms with E-state index in [-0.39, 0.29) is 23.6 Å². The predicted octanol–water partition coefficient (Wildman–Crippen LogP) is 2.35. The van der Waals surface area contributed by atoms with Gasteiger partial charge in [-0.15, -0.1) is 0 Å². The number of aryl methyl sites for hydroxylation is 1. The number of hydrogen-bond acceptors (Lipinski definition) is 6. The smallest absolute Gasteiger partial charge is 0.338 e. The fourth-order valence-electron chi connectivity index (χ4n) is 3.20. The number of esters is 1. The van der Waals surface area contributed by atoms with Gasteiger partial charge in [-0.1, -0.05) is 12.1 Å². The van der Waals surface area contributed by atoms with Crippen LogP contribution in [0.15, 0.2) is 24.3 Å². The van der Waals surface area contributed by atoms with E-state index in [9.17, 15) is 22.8 Å². The van der Waals surface area contributed by atoms with Crippen LogP contribution in [0.3, 0.4) is 0 Å². The van der Waals surface area contributed by atoms with Gasteiger partial charge in [-0.05, 0) is 57.4 Å². The molecule has 2 rings (SSSR count). The Morgan fingerprint density at radius 2 is 1.73 bits per heavy atom. The first-order chi connectivity index (χ1) is 13.9. The molecular weight excluding hydrogens is 408 g/mol. The summed E-state index contributed by atoms with van der Waals surface area (Å²) in [5.41, 5.74) is 2.99. The molecule has 9 heteroatoms. The van der Waals surface area contributed by atoms with Gasteiger partial charge in [-0.2, -0.15) is 0 Å². The van der Waals surface area contributed by atoms with Crippen molar-refractivity contribution in [3.05, 3.63) is 57.9 Å². The van der Waals surface area contributed by atoms with E-state index in [1.165, 1.54) is 13.8 Å². The van der Waals surface area contributed by atoms with Crippen LogP contribution in [-0.2, 0) is 21.2 Å². The Balaban J connectivity index is 2.02. The van der Waals surface area contributed by atoms with Crippen molar-refractivity contribution in [1.82, 2.24) is 9.71 Å². The van der Waals surface area contributed by atoms with Gasteiger partial charge in [0.25, 0.3) is 0 Å². The molecule has 30 heavy (non-hydrogen) atoms. The fourth-order valence-corrected chi connectivity index (χ4v) is 3.67. The van der Waals surface area contributed by atoms with Gasteiger partial charge in [0.1, 0.15) is 0 Å². The number of hydrogen-bond donors (Lipinski definition) is 2. The summed E-state index contributed by atoms with van der Waals surface area (Å²) in [4.78, 5) is 39.7. The Hall–Kier alpha value is -2.78. The molecule has 0 unspecified atom stereocenters. The lowest BCUT2D eigenvalue weighted by molar-refractivity contribution is 0.0317. The minimum atomic E-state index is -3.25. The third kappa shape index (κ3) is 5.87. The molecule has 2 N–H and O–H groups in total. The summed E-state index contributed by atoms with van der Waals surface area (Å²) in [6.07, 6.45) is 0.528. The van der Waals surface area contributed by atoms with Crippen LogP contribution in [-0.4, -0.2) is 49.8 Å². The molecule has 0 aliphatic carbocycles. The highest BCUT2D eigenvalue weighted by atomic mass is 32.2. The second-order valence-electron chi connectivity index (χ2n) is 7.21. The number of Topliss-reactive ketones (excluding diaryl/α,β-unsaturated/α-hetero) is 2. The zero-order chi connectivity index (χ0) is 22.6. The lowest BCUT2D eigenvalue weighted by Gasteiger charge is -2.12. The summed E-state index contributed by atoms with van der Waals surface area (Å²) in [5.74, 6) is -1.21. The molecule has 0 saturated carbocycles. The molecular formula is C21H26N2O6S. The summed E-state index contributed by atoms with van der Waals surface area (Å²) in [5, 5.41) is 0. The van der Waals surface area contributed by atoms with E-state index in [1.54, 1.807) is 38.1 Å². The summed E-state index contributed by atoms with van der Waals surface area (Å²) >= 11 is 0. The van der Waals surface area contributed by atoms with Crippen LogP contribution in [0.4, 0.5) is 0 Å². The van der Waals surface area contributed by atoms with Gasteiger partial charge in [-0.25, -0.2) is 17.9 Å². The third-order valence-electron chi connectivity index (χ3n) is 4.66. The average Bonchev–Trinajstić information content (AvgIpc) is 2.94. The Bertz CT molecular complexity index is 1070. The quantitative estimate of drug-likeness (QED) is 0.461. The zero-order valence-electron chi connectivity index (χ0n) is 17.7. The van der Waals surface area contributed by atoms with Crippen LogP contribution >= 0.6 is 0 Å². The Labute approximate surface area is 176 Å². The molecule has 0 saturated heterocycles. The minimum Gasteiger partial charge on any atom is -0.451 e. The second kappa shape index (κ2) is 9.36. The maximum absolute atomic E-state index is 12.7. The van der Waals surface area contributed by atoms with E-state index in [1.807, 2.05) is 0 Å². The number of aromatic nitrogens is 1. The molecule has 1 aromatic carbocycles. The van der Waals surface area contributed by atoms with Gasteiger partial charge in [0, 0.05) is 17.8 Å². The number of carbonyl (C=O) groups excluding carboxylic acids is 3. The second-order valence-corrected chi connectivity index (χ2v) is 9.04. The van der Waals surface area contributed by atoms with Crippen molar-refractivity contribution in [3.63, 3.8) is 0 Å². The summed E-state index contributed by atoms with van der Waals surface area (Å²) in [6.45, 7) is 6.56. The van der Waals surface area contributed by atoms with E-state index in [0.29, 0.717) is 23.2 Å². The molecule has 162 valence electrons. The highest BCUT2D eigenvalue weighted by Gasteiger charge is 2.26. The average molecular weight is 435 g/mol. The lowest BCUT2D eigenvalue weighted by Crippen LogP contribution is -2.25. The molecule has 0 radical (unpaired) electrons. The molecule has 0 fully saturated rings. The zero-order valence-corrected chi connectivity index (χ0v) is 18.5. The number of carbonyl (C=O) groups is 3. The SMILES string of the molecule is CC(=O)c1c(C)[nH]c(C(=O)[C@H](C)OC(=O)c2ccc(CCNS(C)(=O)=O)cc2)c1C. The van der Waals surface area contributed by atoms with Crippen molar-refractivity contribution in [3.8, 4) is 0 Å². The minimum absolute atomic E-state index is 0.142. The largest absolute Gasteiger partial charge is 0.451 e. The normalized spacial score (nSPS) is 12.4. The molecule has 8 nitrogen and oxygen atoms in total. The molecule has 0 amide bonds. The van der Waals surface area contributed by atoms with Gasteiger partial charge in [0.05, 0.1) is 17.5 Å². The monoisotopic (exact) mass is 434 g/mol. The van der Waals surface area contributed by atoms with E-state index in [0.717, 1.165) is 11.8 Å². The van der Waals surface area contributed by atoms with Crippen LogP contribution in [0, 0.1) is 13.8 Å². The maximum atomic E-state index is 12.7. The number of aromatic amines is 1. The molecule has 0 aliphatic heterocycles. The third-order valence-corrected chi connectivity index (χ3v) is 5.39. The van der Waals surface area contributed by atoms with E-state index in [2.05, 4.69) is 9.71 Å². The number of sulfonamides is 1. The van der Waals surface area contributed by atoms with E-state index >= 15 is 0 Å². The van der Waals surface area contributed by atoms with Gasteiger partial charge in [0.2, 0.25) is 15.8 Å². The number of nitrogens with one attached hydrogen (secondary N) is 2. The van der Waals surface area contributed by atoms with Crippen molar-refractivity contribution in [2.24, 2.45) is 0 Å². The fraction of sp³-hybridized carbons (Fsp3) is 0.381. The molecule has 1 heterocycles. The highest BCUT2D eigenvalue weighted by molar-refractivity contribution is 7.88.